The van der Waals surface area contributed by atoms with Crippen LogP contribution in [0.25, 0.3) is 10.9 Å². The number of Topliss-reactive ketones (excluding diaryl/α,β-unsaturated/α-hetero) is 7. The highest BCUT2D eigenvalue weighted by Crippen LogP contribution is 2.33. The van der Waals surface area contributed by atoms with Crippen LogP contribution in [0.3, 0.4) is 0 Å². The number of hydrogen-bond acceptors (Lipinski definition) is 28. The zero-order valence-electron chi connectivity index (χ0n) is 77.7. The molecule has 0 atom stereocenters. The van der Waals surface area contributed by atoms with Crippen molar-refractivity contribution in [2.24, 2.45) is 0 Å². The molecular formula is C107H108Cl2F3N15O14. The number of halogens is 5. The van der Waals surface area contributed by atoms with Gasteiger partial charge in [0.15, 0.2) is 40.5 Å². The van der Waals surface area contributed by atoms with Crippen molar-refractivity contribution in [2.45, 2.75) is 136 Å². The van der Waals surface area contributed by atoms with E-state index in [4.69, 9.17) is 58.9 Å². The third kappa shape index (κ3) is 38.6. The van der Waals surface area contributed by atoms with Gasteiger partial charge in [0.05, 0.1) is 44.5 Å². The van der Waals surface area contributed by atoms with Gasteiger partial charge in [0.2, 0.25) is 0 Å². The van der Waals surface area contributed by atoms with Crippen LogP contribution in [0.1, 0.15) is 195 Å². The molecule has 15 rings (SSSR count). The number of aromatic amines is 1. The molecule has 0 spiro atoms. The van der Waals surface area contributed by atoms with E-state index >= 15 is 0 Å². The minimum absolute atomic E-state index is 0.142. The molecule has 0 bridgehead atoms. The number of rotatable bonds is 39. The predicted molar refractivity (Wildman–Crippen MR) is 526 cm³/mol. The van der Waals surface area contributed by atoms with Crippen molar-refractivity contribution in [3.8, 4) is 0 Å². The standard InChI is InChI=1S/C17H17N3O2.2C15H15ClN2O2.C15H13F3N2O2.3C15H16N2O2/c21-11-16(22)13-9-19-17(20-10-13)7-3-4-12-8-18-15-6-2-1-5-14(12)15;16-13-5-1-3-11(7-13)4-2-6-15-17-8-12(9-18-15)14(20)10-19;16-13-6-2-1-4-11(13)5-3-7-15-17-8-12(9-18-15)14(20)10-19;16-15(17,18)12-4-2-1-3-10(12)5-6-14-19-7-11(8-20-14)13(22)9-21;1-11-2-4-12(5-3-11)6-7-15-16-8-13(9-17-15)14(19)10-18;1-11-3-2-4-12(7-11)5-6-15-16-8-13(9-17-15)14(19)10-18;18-11-14(19)13-9-16-15(17-10-13)8-4-7-12-5-2-1-3-6-12/h1-2,5-6,8-10,18,21H,3-4,7,11H2;1,3,5,7-9,19H,2,4,6,10H2;1-2,4,6,8-9,19H,3,5,7,10H2;1-4,7-8,21H,5-6,9H2;2-5,8-9,18H,6-7,10H2,1H3;2-4,7-9,18H,5-6,10H2,1H3;1-3,5-6,9-10,18H,4,7-8,11H2. The van der Waals surface area contributed by atoms with E-state index in [0.717, 1.165) is 136 Å². The number of nitrogens with zero attached hydrogens (tertiary/aromatic N) is 14. The van der Waals surface area contributed by atoms with Crippen LogP contribution in [0.5, 0.6) is 0 Å². The van der Waals surface area contributed by atoms with Crippen molar-refractivity contribution >= 4 is 74.6 Å². The Hall–Kier alpha value is -14.6. The number of carbonyl (C=O) groups is 7. The molecule has 730 valence electrons. The lowest BCUT2D eigenvalue weighted by Crippen LogP contribution is -2.11. The second-order valence-electron chi connectivity index (χ2n) is 31.9. The van der Waals surface area contributed by atoms with E-state index in [-0.39, 0.29) is 58.7 Å². The summed E-state index contributed by atoms with van der Waals surface area (Å²) in [7, 11) is 0. The molecule has 7 aromatic carbocycles. The molecular weight excluding hydrogens is 1850 g/mol. The third-order valence-electron chi connectivity index (χ3n) is 21.4. The van der Waals surface area contributed by atoms with Crippen LogP contribution in [0.15, 0.2) is 269 Å². The molecule has 15 aromatic rings. The van der Waals surface area contributed by atoms with Crippen LogP contribution in [-0.4, -0.2) is 197 Å². The number of hydrogen-bond donors (Lipinski definition) is 8. The minimum atomic E-state index is -4.39. The molecule has 0 aliphatic heterocycles. The number of para-hydroxylation sites is 1. The molecule has 8 aromatic heterocycles. The Balaban J connectivity index is 0.000000184. The molecule has 0 saturated heterocycles. The van der Waals surface area contributed by atoms with Crippen molar-refractivity contribution in [1.29, 1.82) is 0 Å². The summed E-state index contributed by atoms with van der Waals surface area (Å²) in [5.41, 5.74) is 12.8. The van der Waals surface area contributed by atoms with E-state index in [1.807, 2.05) is 84.9 Å². The van der Waals surface area contributed by atoms with Gasteiger partial charge >= 0.3 is 6.18 Å². The van der Waals surface area contributed by atoms with Gasteiger partial charge in [0.1, 0.15) is 87.0 Å². The van der Waals surface area contributed by atoms with E-state index in [0.29, 0.717) is 68.3 Å². The monoisotopic (exact) mass is 1950 g/mol. The first-order valence-electron chi connectivity index (χ1n) is 45.2. The van der Waals surface area contributed by atoms with Crippen LogP contribution >= 0.6 is 23.2 Å². The first-order valence-corrected chi connectivity index (χ1v) is 46.0. The molecule has 0 aliphatic carbocycles. The lowest BCUT2D eigenvalue weighted by molar-refractivity contribution is -0.138. The minimum Gasteiger partial charge on any atom is -0.388 e. The highest BCUT2D eigenvalue weighted by molar-refractivity contribution is 6.31. The topological polar surface area (TPSA) is 457 Å². The van der Waals surface area contributed by atoms with Gasteiger partial charge in [-0.3, -0.25) is 33.6 Å². The van der Waals surface area contributed by atoms with Gasteiger partial charge in [-0.25, -0.2) is 69.8 Å². The zero-order chi connectivity index (χ0) is 101. The number of aryl methyl sites for hydroxylation is 16. The SMILES string of the molecule is Cc1ccc(CCc2ncc(C(=O)CO)cn2)cc1.Cc1cccc(CCc2ncc(C(=O)CO)cn2)c1.O=C(CO)c1cnc(CCCc2c[nH]c3ccccc23)nc1.O=C(CO)c1cnc(CCCc2cccc(Cl)c2)nc1.O=C(CO)c1cnc(CCCc2ccccc2)nc1.O=C(CO)c1cnc(CCCc2ccccc2Cl)nc1.O=C(CO)c1cnc(CCc2ccccc2C(F)(F)F)nc1. The quantitative estimate of drug-likeness (QED) is 0.0166. The normalized spacial score (nSPS) is 10.7. The number of aliphatic hydroxyl groups is 7. The van der Waals surface area contributed by atoms with E-state index in [1.54, 1.807) is 6.07 Å². The van der Waals surface area contributed by atoms with Gasteiger partial charge in [0, 0.05) is 159 Å². The highest BCUT2D eigenvalue weighted by atomic mass is 35.5. The number of ketones is 7. The second kappa shape index (κ2) is 59.6. The fourth-order valence-electron chi connectivity index (χ4n) is 13.6. The summed E-state index contributed by atoms with van der Waals surface area (Å²) >= 11 is 12.0. The summed E-state index contributed by atoms with van der Waals surface area (Å²) in [6.45, 7) is 0.422. The van der Waals surface area contributed by atoms with E-state index < -0.39 is 63.8 Å². The van der Waals surface area contributed by atoms with Gasteiger partial charge in [-0.05, 0) is 154 Å². The Kier molecular flexibility index (Phi) is 46.6. The van der Waals surface area contributed by atoms with E-state index in [9.17, 15) is 46.7 Å². The fraction of sp³-hybridized carbons (Fsp3) is 0.262. The number of nitrogens with one attached hydrogen (secondary N) is 1. The Bertz CT molecular complexity index is 6430. The van der Waals surface area contributed by atoms with Crippen LogP contribution in [0, 0.1) is 13.8 Å². The van der Waals surface area contributed by atoms with Crippen LogP contribution < -0.4 is 0 Å². The number of carbonyl (C=O) groups excluding carboxylic acids is 7. The molecule has 0 radical (unpaired) electrons. The summed E-state index contributed by atoms with van der Waals surface area (Å²) in [5.74, 6) is 1.92. The van der Waals surface area contributed by atoms with Crippen molar-refractivity contribution in [3.05, 3.63) is 414 Å². The summed E-state index contributed by atoms with van der Waals surface area (Å²) in [4.78, 5) is 139. The van der Waals surface area contributed by atoms with Gasteiger partial charge in [0.25, 0.3) is 0 Å². The van der Waals surface area contributed by atoms with Gasteiger partial charge < -0.3 is 40.7 Å². The maximum absolute atomic E-state index is 12.9. The molecule has 34 heteroatoms. The number of aromatic nitrogens is 15. The molecule has 0 saturated carbocycles. The highest BCUT2D eigenvalue weighted by Gasteiger charge is 2.33. The Morgan fingerprint density at radius 2 is 0.582 bits per heavy atom. The fourth-order valence-corrected chi connectivity index (χ4v) is 14.0. The first-order chi connectivity index (χ1) is 68.2. The average molecular weight is 1960 g/mol. The average Bonchev–Trinajstić information content (AvgIpc) is 1.82. The number of aliphatic hydroxyl groups excluding tert-OH is 7. The van der Waals surface area contributed by atoms with Crippen LogP contribution in [0.2, 0.25) is 10.0 Å². The van der Waals surface area contributed by atoms with Crippen LogP contribution in [0.4, 0.5) is 13.2 Å². The summed E-state index contributed by atoms with van der Waals surface area (Å²) in [6.07, 6.45) is 31.8. The molecule has 8 heterocycles. The summed E-state index contributed by atoms with van der Waals surface area (Å²) in [6, 6.07) is 56.1. The maximum Gasteiger partial charge on any atom is 0.416 e. The molecule has 0 aliphatic rings. The number of alkyl halides is 3. The van der Waals surface area contributed by atoms with Crippen molar-refractivity contribution in [2.75, 3.05) is 46.2 Å². The van der Waals surface area contributed by atoms with Crippen LogP contribution in [-0.2, 0) is 96.1 Å². The summed E-state index contributed by atoms with van der Waals surface area (Å²) in [5, 5.41) is 63.9. The third-order valence-corrected chi connectivity index (χ3v) is 22.0. The number of H-pyrrole nitrogens is 1. The molecule has 141 heavy (non-hydrogen) atoms. The number of fused-ring (bicyclic) bond motifs is 1. The first kappa shape index (κ1) is 110. The van der Waals surface area contributed by atoms with Gasteiger partial charge in [-0.2, -0.15) is 13.2 Å². The smallest absolute Gasteiger partial charge is 0.388 e. The lowest BCUT2D eigenvalue weighted by atomic mass is 10.0. The van der Waals surface area contributed by atoms with E-state index in [1.165, 1.54) is 143 Å². The molecule has 0 amide bonds. The molecule has 0 fully saturated rings. The Morgan fingerprint density at radius 1 is 0.277 bits per heavy atom. The number of benzene rings is 7. The van der Waals surface area contributed by atoms with Gasteiger partial charge in [-0.15, -0.1) is 0 Å². The Morgan fingerprint density at radius 3 is 0.965 bits per heavy atom. The van der Waals surface area contributed by atoms with Crippen molar-refractivity contribution < 1.29 is 82.5 Å². The molecule has 29 nitrogen and oxygen atoms in total. The molecule has 8 N–H and O–H groups in total. The largest absolute Gasteiger partial charge is 0.416 e. The van der Waals surface area contributed by atoms with E-state index in [2.05, 4.69) is 162 Å². The Labute approximate surface area is 823 Å². The lowest BCUT2D eigenvalue weighted by Gasteiger charge is -2.12. The maximum atomic E-state index is 12.9. The zero-order valence-corrected chi connectivity index (χ0v) is 79.2. The summed E-state index contributed by atoms with van der Waals surface area (Å²) < 4.78 is 38.6. The van der Waals surface area contributed by atoms with Crippen molar-refractivity contribution in [3.63, 3.8) is 0 Å². The second-order valence-corrected chi connectivity index (χ2v) is 32.7. The van der Waals surface area contributed by atoms with Crippen molar-refractivity contribution in [1.82, 2.24) is 74.8 Å². The predicted octanol–water partition coefficient (Wildman–Crippen LogP) is 15.0. The van der Waals surface area contributed by atoms with Gasteiger partial charge in [-0.1, -0.05) is 180 Å². The molecule has 0 unspecified atom stereocenters.